The summed E-state index contributed by atoms with van der Waals surface area (Å²) in [7, 11) is 0. The van der Waals surface area contributed by atoms with Gasteiger partial charge in [-0.2, -0.15) is 0 Å². The van der Waals surface area contributed by atoms with Gasteiger partial charge in [-0.05, 0) is 43.7 Å². The molecule has 0 saturated carbocycles. The Balaban J connectivity index is 1.69. The molecule has 0 amide bonds. The van der Waals surface area contributed by atoms with E-state index in [4.69, 9.17) is 15.2 Å². The molecule has 0 unspecified atom stereocenters. The van der Waals surface area contributed by atoms with E-state index >= 15 is 0 Å². The Hall–Kier alpha value is -1.26. The van der Waals surface area contributed by atoms with Crippen molar-refractivity contribution in [2.45, 2.75) is 38.2 Å². The van der Waals surface area contributed by atoms with E-state index in [9.17, 15) is 0 Å². The Bertz CT molecular complexity index is 361. The number of anilines is 1. The number of hydrogen-bond acceptors (Lipinski definition) is 4. The van der Waals surface area contributed by atoms with Crippen molar-refractivity contribution in [1.82, 2.24) is 0 Å². The Labute approximate surface area is 121 Å². The summed E-state index contributed by atoms with van der Waals surface area (Å²) in [6.45, 7) is 3.42. The fourth-order valence-corrected chi connectivity index (χ4v) is 2.32. The number of ether oxygens (including phenoxy) is 2. The molecule has 1 aliphatic heterocycles. The summed E-state index contributed by atoms with van der Waals surface area (Å²) in [6, 6.07) is 8.24. The molecule has 1 aromatic rings. The molecule has 1 fully saturated rings. The third kappa shape index (κ3) is 5.39. The molecule has 1 aliphatic rings. The van der Waals surface area contributed by atoms with Gasteiger partial charge in [0.25, 0.3) is 0 Å². The molecule has 0 spiro atoms. The van der Waals surface area contributed by atoms with Gasteiger partial charge >= 0.3 is 0 Å². The molecule has 0 radical (unpaired) electrons. The monoisotopic (exact) mass is 278 g/mol. The van der Waals surface area contributed by atoms with Crippen molar-refractivity contribution >= 4 is 5.69 Å². The highest BCUT2D eigenvalue weighted by Crippen LogP contribution is 2.20. The summed E-state index contributed by atoms with van der Waals surface area (Å²) in [5.74, 6) is 0.950. The largest absolute Gasteiger partial charge is 0.490 e. The topological polar surface area (TPSA) is 56.5 Å². The third-order valence-electron chi connectivity index (χ3n) is 3.54. The first-order chi connectivity index (χ1) is 9.88. The van der Waals surface area contributed by atoms with Crippen molar-refractivity contribution in [1.29, 1.82) is 0 Å². The molecule has 4 heteroatoms. The normalized spacial score (nSPS) is 16.1. The first kappa shape index (κ1) is 15.1. The minimum Gasteiger partial charge on any atom is -0.490 e. The zero-order chi connectivity index (χ0) is 14.0. The number of hydrogen-bond donors (Lipinski definition) is 2. The summed E-state index contributed by atoms with van der Waals surface area (Å²) >= 11 is 0. The van der Waals surface area contributed by atoms with Gasteiger partial charge in [-0.3, -0.25) is 0 Å². The number of benzene rings is 1. The average Bonchev–Trinajstić information content (AvgIpc) is 2.50. The SMILES string of the molecule is NCCCCCNc1ccc(OC2CCOCC2)cc1. The lowest BCUT2D eigenvalue weighted by Crippen LogP contribution is -2.25. The van der Waals surface area contributed by atoms with Crippen molar-refractivity contribution in [2.75, 3.05) is 31.6 Å². The molecule has 1 aromatic carbocycles. The number of nitrogens with two attached hydrogens (primary N) is 1. The molecule has 1 saturated heterocycles. The Morgan fingerprint density at radius 3 is 2.55 bits per heavy atom. The van der Waals surface area contributed by atoms with Crippen LogP contribution in [0.2, 0.25) is 0 Å². The lowest BCUT2D eigenvalue weighted by molar-refractivity contribution is 0.0256. The Morgan fingerprint density at radius 1 is 1.10 bits per heavy atom. The second-order valence-corrected chi connectivity index (χ2v) is 5.23. The van der Waals surface area contributed by atoms with Crippen LogP contribution in [0.4, 0.5) is 5.69 Å². The van der Waals surface area contributed by atoms with Crippen LogP contribution in [0.3, 0.4) is 0 Å². The van der Waals surface area contributed by atoms with Gasteiger partial charge in [0.1, 0.15) is 11.9 Å². The number of nitrogens with one attached hydrogen (secondary N) is 1. The maximum absolute atomic E-state index is 5.95. The lowest BCUT2D eigenvalue weighted by Gasteiger charge is -2.23. The second kappa shape index (κ2) is 8.82. The van der Waals surface area contributed by atoms with Gasteiger partial charge in [0.2, 0.25) is 0 Å². The average molecular weight is 278 g/mol. The fraction of sp³-hybridized carbons (Fsp3) is 0.625. The molecular weight excluding hydrogens is 252 g/mol. The van der Waals surface area contributed by atoms with Crippen molar-refractivity contribution in [2.24, 2.45) is 5.73 Å². The van der Waals surface area contributed by atoms with Gasteiger partial charge in [0, 0.05) is 25.1 Å². The van der Waals surface area contributed by atoms with Crippen LogP contribution in [-0.4, -0.2) is 32.4 Å². The van der Waals surface area contributed by atoms with Gasteiger partial charge in [-0.15, -0.1) is 0 Å². The molecular formula is C16H26N2O2. The molecule has 4 nitrogen and oxygen atoms in total. The van der Waals surface area contributed by atoms with E-state index < -0.39 is 0 Å². The van der Waals surface area contributed by atoms with Crippen LogP contribution in [0.25, 0.3) is 0 Å². The summed E-state index contributed by atoms with van der Waals surface area (Å²) < 4.78 is 11.3. The molecule has 0 aromatic heterocycles. The van der Waals surface area contributed by atoms with E-state index in [0.717, 1.165) is 63.4 Å². The third-order valence-corrected chi connectivity index (χ3v) is 3.54. The van der Waals surface area contributed by atoms with Crippen molar-refractivity contribution < 1.29 is 9.47 Å². The highest BCUT2D eigenvalue weighted by Gasteiger charge is 2.14. The second-order valence-electron chi connectivity index (χ2n) is 5.23. The fourth-order valence-electron chi connectivity index (χ4n) is 2.32. The van der Waals surface area contributed by atoms with Gasteiger partial charge in [-0.1, -0.05) is 6.42 Å². The van der Waals surface area contributed by atoms with E-state index in [-0.39, 0.29) is 0 Å². The molecule has 112 valence electrons. The van der Waals surface area contributed by atoms with Crippen LogP contribution < -0.4 is 15.8 Å². The molecule has 0 atom stereocenters. The van der Waals surface area contributed by atoms with Crippen LogP contribution in [0.1, 0.15) is 32.1 Å². The predicted molar refractivity (Wildman–Crippen MR) is 82.3 cm³/mol. The zero-order valence-electron chi connectivity index (χ0n) is 12.1. The highest BCUT2D eigenvalue weighted by molar-refractivity contribution is 5.46. The van der Waals surface area contributed by atoms with Crippen LogP contribution >= 0.6 is 0 Å². The standard InChI is InChI=1S/C16H26N2O2/c17-10-2-1-3-11-18-14-4-6-15(7-5-14)20-16-8-12-19-13-9-16/h4-7,16,18H,1-3,8-13,17H2. The molecule has 2 rings (SSSR count). The first-order valence-corrected chi connectivity index (χ1v) is 7.67. The predicted octanol–water partition coefficient (Wildman–Crippen LogP) is 2.79. The van der Waals surface area contributed by atoms with Crippen LogP contribution in [-0.2, 0) is 4.74 Å². The van der Waals surface area contributed by atoms with E-state index in [1.54, 1.807) is 0 Å². The molecule has 0 aliphatic carbocycles. The highest BCUT2D eigenvalue weighted by atomic mass is 16.5. The number of rotatable bonds is 8. The lowest BCUT2D eigenvalue weighted by atomic mass is 10.1. The van der Waals surface area contributed by atoms with E-state index in [1.807, 2.05) is 12.1 Å². The minimum absolute atomic E-state index is 0.304. The zero-order valence-corrected chi connectivity index (χ0v) is 12.1. The molecule has 1 heterocycles. The Kier molecular flexibility index (Phi) is 6.68. The molecule has 20 heavy (non-hydrogen) atoms. The maximum Gasteiger partial charge on any atom is 0.119 e. The van der Waals surface area contributed by atoms with Crippen LogP contribution in [0, 0.1) is 0 Å². The molecule has 3 N–H and O–H groups in total. The minimum atomic E-state index is 0.304. The summed E-state index contributed by atoms with van der Waals surface area (Å²) in [5, 5.41) is 3.42. The van der Waals surface area contributed by atoms with Gasteiger partial charge in [0.05, 0.1) is 13.2 Å². The quantitative estimate of drug-likeness (QED) is 0.718. The van der Waals surface area contributed by atoms with E-state index in [1.165, 1.54) is 6.42 Å². The van der Waals surface area contributed by atoms with Gasteiger partial charge in [0.15, 0.2) is 0 Å². The van der Waals surface area contributed by atoms with E-state index in [0.29, 0.717) is 6.10 Å². The van der Waals surface area contributed by atoms with Crippen molar-refractivity contribution in [3.8, 4) is 5.75 Å². The first-order valence-electron chi connectivity index (χ1n) is 7.67. The summed E-state index contributed by atoms with van der Waals surface area (Å²) in [5.41, 5.74) is 6.62. The van der Waals surface area contributed by atoms with E-state index in [2.05, 4.69) is 17.4 Å². The maximum atomic E-state index is 5.95. The molecule has 0 bridgehead atoms. The van der Waals surface area contributed by atoms with Gasteiger partial charge < -0.3 is 20.5 Å². The smallest absolute Gasteiger partial charge is 0.119 e. The van der Waals surface area contributed by atoms with Crippen LogP contribution in [0.5, 0.6) is 5.75 Å². The van der Waals surface area contributed by atoms with Crippen LogP contribution in [0.15, 0.2) is 24.3 Å². The van der Waals surface area contributed by atoms with Crippen molar-refractivity contribution in [3.05, 3.63) is 24.3 Å². The number of unbranched alkanes of at least 4 members (excludes halogenated alkanes) is 2. The van der Waals surface area contributed by atoms with Gasteiger partial charge in [-0.25, -0.2) is 0 Å². The summed E-state index contributed by atoms with van der Waals surface area (Å²) in [6.07, 6.45) is 5.74. The van der Waals surface area contributed by atoms with Crippen molar-refractivity contribution in [3.63, 3.8) is 0 Å². The Morgan fingerprint density at radius 2 is 1.85 bits per heavy atom. The summed E-state index contributed by atoms with van der Waals surface area (Å²) in [4.78, 5) is 0.